The predicted octanol–water partition coefficient (Wildman–Crippen LogP) is 2.07. The monoisotopic (exact) mass is 261 g/mol. The Kier molecular flexibility index (Phi) is 4.52. The first kappa shape index (κ1) is 13.5. The number of aromatic nitrogens is 3. The third-order valence-electron chi connectivity index (χ3n) is 2.94. The zero-order chi connectivity index (χ0) is 13.7. The van der Waals surface area contributed by atoms with E-state index in [4.69, 9.17) is 4.74 Å². The van der Waals surface area contributed by atoms with Crippen LogP contribution in [0.15, 0.2) is 24.5 Å². The van der Waals surface area contributed by atoms with Crippen LogP contribution < -0.4 is 4.74 Å². The third kappa shape index (κ3) is 3.12. The normalized spacial score (nSPS) is 10.7. The maximum Gasteiger partial charge on any atom is 0.164 e. The van der Waals surface area contributed by atoms with E-state index in [1.165, 1.54) is 0 Å². The van der Waals surface area contributed by atoms with Crippen LogP contribution in [0.3, 0.4) is 0 Å². The second kappa shape index (κ2) is 6.33. The van der Waals surface area contributed by atoms with E-state index < -0.39 is 0 Å². The maximum absolute atomic E-state index is 9.33. The van der Waals surface area contributed by atoms with Crippen LogP contribution in [-0.4, -0.2) is 19.9 Å². The summed E-state index contributed by atoms with van der Waals surface area (Å²) in [7, 11) is 0. The number of rotatable bonds is 6. The van der Waals surface area contributed by atoms with Crippen LogP contribution in [0, 0.1) is 6.92 Å². The summed E-state index contributed by atoms with van der Waals surface area (Å²) in [5, 5.41) is 13.5. The molecule has 5 nitrogen and oxygen atoms in total. The first-order valence-corrected chi connectivity index (χ1v) is 6.45. The van der Waals surface area contributed by atoms with E-state index >= 15 is 0 Å². The van der Waals surface area contributed by atoms with Gasteiger partial charge in [0, 0.05) is 12.1 Å². The minimum Gasteiger partial charge on any atom is -0.485 e. The summed E-state index contributed by atoms with van der Waals surface area (Å²) in [5.74, 6) is 1.53. The third-order valence-corrected chi connectivity index (χ3v) is 2.94. The van der Waals surface area contributed by atoms with Gasteiger partial charge in [0.25, 0.3) is 0 Å². The number of para-hydroxylation sites is 1. The summed E-state index contributed by atoms with van der Waals surface area (Å²) in [5.41, 5.74) is 1.80. The molecule has 1 N–H and O–H groups in total. The van der Waals surface area contributed by atoms with Crippen LogP contribution in [0.5, 0.6) is 5.75 Å². The minimum absolute atomic E-state index is 0.0291. The Morgan fingerprint density at radius 2 is 2.21 bits per heavy atom. The Morgan fingerprint density at radius 3 is 2.95 bits per heavy atom. The number of aliphatic hydroxyl groups is 1. The Balaban J connectivity index is 2.12. The molecule has 0 radical (unpaired) electrons. The van der Waals surface area contributed by atoms with Crippen LogP contribution >= 0.6 is 0 Å². The fourth-order valence-electron chi connectivity index (χ4n) is 1.98. The summed E-state index contributed by atoms with van der Waals surface area (Å²) in [6.45, 7) is 5.22. The second-order valence-electron chi connectivity index (χ2n) is 4.41. The van der Waals surface area contributed by atoms with E-state index in [2.05, 4.69) is 17.0 Å². The van der Waals surface area contributed by atoms with Crippen molar-refractivity contribution in [2.24, 2.45) is 0 Å². The molecule has 19 heavy (non-hydrogen) atoms. The zero-order valence-electron chi connectivity index (χ0n) is 11.3. The molecule has 0 unspecified atom stereocenters. The van der Waals surface area contributed by atoms with E-state index in [-0.39, 0.29) is 6.61 Å². The van der Waals surface area contributed by atoms with Crippen LogP contribution in [0.4, 0.5) is 0 Å². The molecule has 0 bridgehead atoms. The van der Waals surface area contributed by atoms with E-state index in [0.717, 1.165) is 35.7 Å². The molecule has 5 heteroatoms. The smallest absolute Gasteiger partial charge is 0.164 e. The lowest BCUT2D eigenvalue weighted by molar-refractivity contribution is 0.251. The van der Waals surface area contributed by atoms with Crippen molar-refractivity contribution in [2.45, 2.75) is 40.0 Å². The number of nitrogens with zero attached hydrogens (tertiary/aromatic N) is 3. The summed E-state index contributed by atoms with van der Waals surface area (Å²) in [6, 6.07) is 5.73. The molecule has 102 valence electrons. The molecule has 0 fully saturated rings. The molecule has 1 heterocycles. The molecule has 1 aromatic carbocycles. The molecule has 0 aliphatic heterocycles. The summed E-state index contributed by atoms with van der Waals surface area (Å²) >= 11 is 0. The van der Waals surface area contributed by atoms with Crippen molar-refractivity contribution in [1.82, 2.24) is 14.8 Å². The SMILES string of the molecule is CCCn1ncnc1COc1c(C)cccc1CO. The van der Waals surface area contributed by atoms with Gasteiger partial charge in [0.2, 0.25) is 0 Å². The Morgan fingerprint density at radius 1 is 1.37 bits per heavy atom. The molecule has 0 aliphatic rings. The minimum atomic E-state index is -0.0291. The van der Waals surface area contributed by atoms with Crippen molar-refractivity contribution in [1.29, 1.82) is 0 Å². The largest absolute Gasteiger partial charge is 0.485 e. The number of aliphatic hydroxyl groups excluding tert-OH is 1. The topological polar surface area (TPSA) is 60.2 Å². The van der Waals surface area contributed by atoms with Gasteiger partial charge in [0.05, 0.1) is 6.61 Å². The number of aryl methyl sites for hydroxylation is 2. The fourth-order valence-corrected chi connectivity index (χ4v) is 1.98. The van der Waals surface area contributed by atoms with Gasteiger partial charge in [-0.15, -0.1) is 0 Å². The fraction of sp³-hybridized carbons (Fsp3) is 0.429. The van der Waals surface area contributed by atoms with Crippen molar-refractivity contribution >= 4 is 0 Å². The van der Waals surface area contributed by atoms with Crippen molar-refractivity contribution in [3.05, 3.63) is 41.5 Å². The van der Waals surface area contributed by atoms with E-state index in [1.54, 1.807) is 6.33 Å². The second-order valence-corrected chi connectivity index (χ2v) is 4.41. The van der Waals surface area contributed by atoms with E-state index in [0.29, 0.717) is 6.61 Å². The zero-order valence-corrected chi connectivity index (χ0v) is 11.3. The van der Waals surface area contributed by atoms with E-state index in [9.17, 15) is 5.11 Å². The molecule has 0 saturated carbocycles. The number of hydrogen-bond donors (Lipinski definition) is 1. The van der Waals surface area contributed by atoms with Crippen molar-refractivity contribution in [3.8, 4) is 5.75 Å². The summed E-state index contributed by atoms with van der Waals surface area (Å²) in [6.07, 6.45) is 2.54. The van der Waals surface area contributed by atoms with Gasteiger partial charge in [-0.05, 0) is 18.9 Å². The molecule has 0 amide bonds. The van der Waals surface area contributed by atoms with Gasteiger partial charge in [-0.2, -0.15) is 5.10 Å². The summed E-state index contributed by atoms with van der Waals surface area (Å²) in [4.78, 5) is 4.20. The van der Waals surface area contributed by atoms with Crippen molar-refractivity contribution < 1.29 is 9.84 Å². The average Bonchev–Trinajstić information content (AvgIpc) is 2.85. The van der Waals surface area contributed by atoms with Gasteiger partial charge in [-0.25, -0.2) is 9.67 Å². The first-order valence-electron chi connectivity index (χ1n) is 6.45. The average molecular weight is 261 g/mol. The van der Waals surface area contributed by atoms with Crippen molar-refractivity contribution in [3.63, 3.8) is 0 Å². The van der Waals surface area contributed by atoms with Crippen molar-refractivity contribution in [2.75, 3.05) is 0 Å². The quantitative estimate of drug-likeness (QED) is 0.864. The Labute approximate surface area is 112 Å². The van der Waals surface area contributed by atoms with Crippen LogP contribution in [0.2, 0.25) is 0 Å². The molecule has 0 atom stereocenters. The first-order chi connectivity index (χ1) is 9.26. The predicted molar refractivity (Wildman–Crippen MR) is 71.7 cm³/mol. The summed E-state index contributed by atoms with van der Waals surface area (Å²) < 4.78 is 7.65. The van der Waals surface area contributed by atoms with Crippen LogP contribution in [-0.2, 0) is 19.8 Å². The van der Waals surface area contributed by atoms with Gasteiger partial charge in [0.1, 0.15) is 18.7 Å². The standard InChI is InChI=1S/C14H19N3O2/c1-3-7-17-13(15-10-16-17)9-19-14-11(2)5-4-6-12(14)8-18/h4-6,10,18H,3,7-9H2,1-2H3. The molecule has 0 spiro atoms. The lowest BCUT2D eigenvalue weighted by atomic mass is 10.1. The Hall–Kier alpha value is -1.88. The maximum atomic E-state index is 9.33. The van der Waals surface area contributed by atoms with E-state index in [1.807, 2.05) is 29.8 Å². The van der Waals surface area contributed by atoms with Crippen LogP contribution in [0.1, 0.15) is 30.3 Å². The molecule has 2 aromatic rings. The van der Waals surface area contributed by atoms with Gasteiger partial charge in [-0.1, -0.05) is 25.1 Å². The lowest BCUT2D eigenvalue weighted by Gasteiger charge is -2.13. The molecule has 0 saturated heterocycles. The molecule has 1 aromatic heterocycles. The molecular formula is C14H19N3O2. The highest BCUT2D eigenvalue weighted by atomic mass is 16.5. The highest BCUT2D eigenvalue weighted by Gasteiger charge is 2.09. The van der Waals surface area contributed by atoms with Crippen LogP contribution in [0.25, 0.3) is 0 Å². The Bertz CT molecular complexity index is 537. The lowest BCUT2D eigenvalue weighted by Crippen LogP contribution is -2.09. The van der Waals surface area contributed by atoms with Gasteiger partial charge in [0.15, 0.2) is 5.82 Å². The van der Waals surface area contributed by atoms with Gasteiger partial charge < -0.3 is 9.84 Å². The van der Waals surface area contributed by atoms with Gasteiger partial charge >= 0.3 is 0 Å². The highest BCUT2D eigenvalue weighted by molar-refractivity contribution is 5.40. The number of ether oxygens (including phenoxy) is 1. The number of benzene rings is 1. The highest BCUT2D eigenvalue weighted by Crippen LogP contribution is 2.24. The number of hydrogen-bond acceptors (Lipinski definition) is 4. The molecule has 0 aliphatic carbocycles. The molecule has 2 rings (SSSR count). The van der Waals surface area contributed by atoms with Gasteiger partial charge in [-0.3, -0.25) is 0 Å². The molecular weight excluding hydrogens is 242 g/mol.